The minimum atomic E-state index is -0.440. The molecule has 0 aliphatic rings. The number of nitro groups is 1. The predicted molar refractivity (Wildman–Crippen MR) is 51.1 cm³/mol. The molecule has 0 aliphatic carbocycles. The van der Waals surface area contributed by atoms with Crippen LogP contribution in [-0.4, -0.2) is 15.1 Å². The first kappa shape index (κ1) is 9.32. The lowest BCUT2D eigenvalue weighted by Gasteiger charge is -1.99. The smallest absolute Gasteiger partial charge is 0.269 e. The molecule has 0 N–H and O–H groups in total. The van der Waals surface area contributed by atoms with Crippen molar-refractivity contribution in [3.63, 3.8) is 0 Å². The molecule has 6 heteroatoms. The zero-order valence-corrected chi connectivity index (χ0v) is 7.88. The maximum Gasteiger partial charge on any atom is 0.269 e. The molecule has 0 radical (unpaired) electrons. The van der Waals surface area contributed by atoms with E-state index in [1.54, 1.807) is 13.0 Å². The maximum absolute atomic E-state index is 10.5. The van der Waals surface area contributed by atoms with E-state index in [1.807, 2.05) is 0 Å². The summed E-state index contributed by atoms with van der Waals surface area (Å²) in [5.74, 6) is 0.363. The molecule has 2 aromatic rings. The number of non-ortho nitro benzene ring substituents is 1. The van der Waals surface area contributed by atoms with Gasteiger partial charge in [-0.05, 0) is 18.6 Å². The Hall–Kier alpha value is -2.24. The van der Waals surface area contributed by atoms with Crippen LogP contribution in [0.3, 0.4) is 0 Å². The van der Waals surface area contributed by atoms with Crippen LogP contribution < -0.4 is 0 Å². The average Bonchev–Trinajstić information content (AvgIpc) is 2.70. The van der Waals surface area contributed by atoms with E-state index in [0.717, 1.165) is 5.56 Å². The van der Waals surface area contributed by atoms with Gasteiger partial charge in [-0.2, -0.15) is 0 Å². The van der Waals surface area contributed by atoms with Crippen LogP contribution in [0.2, 0.25) is 0 Å². The Morgan fingerprint density at radius 1 is 1.47 bits per heavy atom. The Bertz CT molecular complexity index is 493. The molecule has 1 aromatic carbocycles. The van der Waals surface area contributed by atoms with E-state index < -0.39 is 4.92 Å². The van der Waals surface area contributed by atoms with Gasteiger partial charge in [0.2, 0.25) is 12.3 Å². The van der Waals surface area contributed by atoms with Crippen LogP contribution in [0.5, 0.6) is 0 Å². The number of nitrogens with zero attached hydrogens (tertiary/aromatic N) is 3. The molecule has 0 saturated heterocycles. The molecule has 15 heavy (non-hydrogen) atoms. The number of aryl methyl sites for hydroxylation is 1. The minimum absolute atomic E-state index is 0.0516. The fourth-order valence-electron chi connectivity index (χ4n) is 1.29. The average molecular weight is 205 g/mol. The van der Waals surface area contributed by atoms with Gasteiger partial charge in [-0.15, -0.1) is 10.2 Å². The molecule has 1 aromatic heterocycles. The lowest BCUT2D eigenvalue weighted by atomic mass is 10.1. The van der Waals surface area contributed by atoms with Gasteiger partial charge in [0.15, 0.2) is 0 Å². The van der Waals surface area contributed by atoms with Gasteiger partial charge >= 0.3 is 0 Å². The molecule has 0 atom stereocenters. The zero-order chi connectivity index (χ0) is 10.8. The monoisotopic (exact) mass is 205 g/mol. The summed E-state index contributed by atoms with van der Waals surface area (Å²) in [6, 6.07) is 4.48. The normalized spacial score (nSPS) is 10.2. The second kappa shape index (κ2) is 3.49. The van der Waals surface area contributed by atoms with E-state index in [4.69, 9.17) is 4.42 Å². The van der Waals surface area contributed by atoms with Crippen LogP contribution in [0, 0.1) is 17.0 Å². The van der Waals surface area contributed by atoms with Gasteiger partial charge in [0.05, 0.1) is 4.92 Å². The zero-order valence-electron chi connectivity index (χ0n) is 7.88. The molecule has 0 spiro atoms. The van der Waals surface area contributed by atoms with Crippen molar-refractivity contribution in [3.05, 3.63) is 40.3 Å². The highest BCUT2D eigenvalue weighted by molar-refractivity contribution is 5.60. The summed E-state index contributed by atoms with van der Waals surface area (Å²) in [7, 11) is 0. The first-order valence-corrected chi connectivity index (χ1v) is 4.20. The summed E-state index contributed by atoms with van der Waals surface area (Å²) in [4.78, 5) is 10.1. The molecule has 6 nitrogen and oxygen atoms in total. The van der Waals surface area contributed by atoms with E-state index >= 15 is 0 Å². The number of benzene rings is 1. The Morgan fingerprint density at radius 3 is 2.80 bits per heavy atom. The van der Waals surface area contributed by atoms with E-state index in [0.29, 0.717) is 11.5 Å². The molecule has 0 fully saturated rings. The Morgan fingerprint density at radius 2 is 2.27 bits per heavy atom. The molecule has 1 heterocycles. The number of rotatable bonds is 2. The lowest BCUT2D eigenvalue weighted by Crippen LogP contribution is -1.90. The third kappa shape index (κ3) is 1.69. The lowest BCUT2D eigenvalue weighted by molar-refractivity contribution is -0.384. The van der Waals surface area contributed by atoms with Crippen LogP contribution in [0.1, 0.15) is 5.56 Å². The minimum Gasteiger partial charge on any atom is -0.423 e. The van der Waals surface area contributed by atoms with Crippen molar-refractivity contribution >= 4 is 5.69 Å². The van der Waals surface area contributed by atoms with Crippen LogP contribution in [0.15, 0.2) is 29.0 Å². The molecular formula is C9H7N3O3. The van der Waals surface area contributed by atoms with Gasteiger partial charge in [-0.3, -0.25) is 10.1 Å². The largest absolute Gasteiger partial charge is 0.423 e. The molecular weight excluding hydrogens is 198 g/mol. The molecule has 0 bridgehead atoms. The maximum atomic E-state index is 10.5. The van der Waals surface area contributed by atoms with E-state index in [9.17, 15) is 10.1 Å². The topological polar surface area (TPSA) is 82.1 Å². The number of aromatic nitrogens is 2. The van der Waals surface area contributed by atoms with E-state index in [1.165, 1.54) is 18.5 Å². The second-order valence-electron chi connectivity index (χ2n) is 3.00. The molecule has 76 valence electrons. The van der Waals surface area contributed by atoms with Crippen LogP contribution in [-0.2, 0) is 0 Å². The van der Waals surface area contributed by atoms with E-state index in [-0.39, 0.29) is 5.69 Å². The second-order valence-corrected chi connectivity index (χ2v) is 3.00. The highest BCUT2D eigenvalue weighted by atomic mass is 16.6. The Balaban J connectivity index is 2.48. The van der Waals surface area contributed by atoms with Crippen molar-refractivity contribution in [2.24, 2.45) is 0 Å². The summed E-state index contributed by atoms with van der Waals surface area (Å²) in [6.45, 7) is 1.76. The van der Waals surface area contributed by atoms with Crippen LogP contribution >= 0.6 is 0 Å². The predicted octanol–water partition coefficient (Wildman–Crippen LogP) is 1.95. The summed E-state index contributed by atoms with van der Waals surface area (Å²) in [6.07, 6.45) is 1.22. The van der Waals surface area contributed by atoms with Gasteiger partial charge in [-0.1, -0.05) is 0 Å². The summed E-state index contributed by atoms with van der Waals surface area (Å²) < 4.78 is 5.01. The Kier molecular flexibility index (Phi) is 2.17. The van der Waals surface area contributed by atoms with E-state index in [2.05, 4.69) is 10.2 Å². The van der Waals surface area contributed by atoms with Gasteiger partial charge in [0.25, 0.3) is 5.69 Å². The van der Waals surface area contributed by atoms with Crippen molar-refractivity contribution in [1.29, 1.82) is 0 Å². The standard InChI is InChI=1S/C9H7N3O3/c1-6-4-7(12(13)14)2-3-8(6)9-11-10-5-15-9/h2-5H,1H3. The van der Waals surface area contributed by atoms with Crippen molar-refractivity contribution in [2.45, 2.75) is 6.92 Å². The van der Waals surface area contributed by atoms with Crippen molar-refractivity contribution in [1.82, 2.24) is 10.2 Å². The quantitative estimate of drug-likeness (QED) is 0.552. The molecule has 0 aliphatic heterocycles. The SMILES string of the molecule is Cc1cc([N+](=O)[O-])ccc1-c1nnco1. The first-order chi connectivity index (χ1) is 7.18. The van der Waals surface area contributed by atoms with Crippen LogP contribution in [0.25, 0.3) is 11.5 Å². The van der Waals surface area contributed by atoms with Crippen molar-refractivity contribution < 1.29 is 9.34 Å². The molecule has 0 saturated carbocycles. The number of nitro benzene ring substituents is 1. The number of hydrogen-bond acceptors (Lipinski definition) is 5. The third-order valence-electron chi connectivity index (χ3n) is 2.01. The highest BCUT2D eigenvalue weighted by Gasteiger charge is 2.11. The van der Waals surface area contributed by atoms with Gasteiger partial charge in [0, 0.05) is 17.7 Å². The molecule has 0 amide bonds. The fraction of sp³-hybridized carbons (Fsp3) is 0.111. The number of hydrogen-bond donors (Lipinski definition) is 0. The van der Waals surface area contributed by atoms with Gasteiger partial charge in [0.1, 0.15) is 0 Å². The third-order valence-corrected chi connectivity index (χ3v) is 2.01. The fourth-order valence-corrected chi connectivity index (χ4v) is 1.29. The van der Waals surface area contributed by atoms with Gasteiger partial charge < -0.3 is 4.42 Å². The van der Waals surface area contributed by atoms with Crippen LogP contribution in [0.4, 0.5) is 5.69 Å². The van der Waals surface area contributed by atoms with Crippen molar-refractivity contribution in [3.8, 4) is 11.5 Å². The Labute approximate surface area is 84.7 Å². The van der Waals surface area contributed by atoms with Gasteiger partial charge in [-0.25, -0.2) is 0 Å². The summed E-state index contributed by atoms with van der Waals surface area (Å²) >= 11 is 0. The molecule has 2 rings (SSSR count). The first-order valence-electron chi connectivity index (χ1n) is 4.20. The summed E-state index contributed by atoms with van der Waals surface area (Å²) in [5.41, 5.74) is 1.49. The van der Waals surface area contributed by atoms with Crippen molar-refractivity contribution in [2.75, 3.05) is 0 Å². The summed E-state index contributed by atoms with van der Waals surface area (Å²) in [5, 5.41) is 17.8. The molecule has 0 unspecified atom stereocenters. The highest BCUT2D eigenvalue weighted by Crippen LogP contribution is 2.24.